The number of hydrogen-bond acceptors (Lipinski definition) is 4. The van der Waals surface area contributed by atoms with E-state index in [1.54, 1.807) is 26.2 Å². The highest BCUT2D eigenvalue weighted by Gasteiger charge is 2.45. The molecule has 2 fully saturated rings. The van der Waals surface area contributed by atoms with Crippen molar-refractivity contribution in [2.45, 2.75) is 37.6 Å². The van der Waals surface area contributed by atoms with Crippen molar-refractivity contribution < 1.29 is 27.5 Å². The van der Waals surface area contributed by atoms with Gasteiger partial charge in [-0.15, -0.1) is 0 Å². The Morgan fingerprint density at radius 2 is 1.67 bits per heavy atom. The zero-order chi connectivity index (χ0) is 22.1. The first-order valence-corrected chi connectivity index (χ1v) is 11.5. The van der Waals surface area contributed by atoms with Crippen molar-refractivity contribution in [2.75, 3.05) is 33.7 Å². The molecule has 2 heterocycles. The number of aliphatic carboxylic acids is 1. The van der Waals surface area contributed by atoms with Crippen LogP contribution in [-0.2, 0) is 19.8 Å². The summed E-state index contributed by atoms with van der Waals surface area (Å²) in [6, 6.07) is 4.98. The van der Waals surface area contributed by atoms with E-state index in [0.717, 1.165) is 9.87 Å². The number of carboxylic acids is 1. The molecule has 166 valence electrons. The molecule has 2 atom stereocenters. The molecular weight excluding hydrogens is 413 g/mol. The summed E-state index contributed by atoms with van der Waals surface area (Å²) < 4.78 is 41.9. The lowest BCUT2D eigenvalue weighted by Gasteiger charge is -2.40. The highest BCUT2D eigenvalue weighted by Crippen LogP contribution is 2.33. The van der Waals surface area contributed by atoms with Crippen LogP contribution in [0.25, 0.3) is 0 Å². The van der Waals surface area contributed by atoms with Crippen molar-refractivity contribution in [2.24, 2.45) is 5.92 Å². The number of hydrogen-bond donors (Lipinski definition) is 1. The summed E-state index contributed by atoms with van der Waals surface area (Å²) in [6.45, 7) is 0.544. The second-order valence-corrected chi connectivity index (χ2v) is 10.0. The monoisotopic (exact) mass is 441 g/mol. The van der Waals surface area contributed by atoms with Crippen LogP contribution in [0.1, 0.15) is 37.2 Å². The number of benzene rings is 1. The molecule has 0 saturated carbocycles. The smallest absolute Gasteiger partial charge is 0.322 e. The molecule has 2 aliphatic heterocycles. The van der Waals surface area contributed by atoms with Crippen molar-refractivity contribution in [1.82, 2.24) is 13.5 Å². The summed E-state index contributed by atoms with van der Waals surface area (Å²) >= 11 is 0. The predicted octanol–water partition coefficient (Wildman–Crippen LogP) is 1.50. The number of amides is 1. The van der Waals surface area contributed by atoms with E-state index >= 15 is 0 Å². The van der Waals surface area contributed by atoms with Gasteiger partial charge in [0.2, 0.25) is 5.91 Å². The average molecular weight is 442 g/mol. The van der Waals surface area contributed by atoms with Crippen molar-refractivity contribution in [3.8, 4) is 0 Å². The Kier molecular flexibility index (Phi) is 6.78. The second-order valence-electron chi connectivity index (χ2n) is 8.15. The first-order valence-electron chi connectivity index (χ1n) is 10.1. The molecule has 10 heteroatoms. The zero-order valence-electron chi connectivity index (χ0n) is 17.2. The van der Waals surface area contributed by atoms with Gasteiger partial charge in [-0.3, -0.25) is 9.59 Å². The van der Waals surface area contributed by atoms with Gasteiger partial charge in [0.1, 0.15) is 11.9 Å². The summed E-state index contributed by atoms with van der Waals surface area (Å²) in [5.74, 6) is -2.10. The Bertz CT molecular complexity index is 882. The van der Waals surface area contributed by atoms with Crippen LogP contribution >= 0.6 is 0 Å². The summed E-state index contributed by atoms with van der Waals surface area (Å²) in [6.07, 6.45) is 1.43. The zero-order valence-corrected chi connectivity index (χ0v) is 18.0. The maximum Gasteiger partial charge on any atom is 0.322 e. The fourth-order valence-electron chi connectivity index (χ4n) is 4.34. The summed E-state index contributed by atoms with van der Waals surface area (Å²) in [7, 11) is -0.753. The van der Waals surface area contributed by atoms with Crippen LogP contribution in [0.4, 0.5) is 4.39 Å². The molecule has 30 heavy (non-hydrogen) atoms. The topological polar surface area (TPSA) is 98.2 Å². The number of carbonyl (C=O) groups excluding carboxylic acids is 1. The molecule has 1 unspecified atom stereocenters. The lowest BCUT2D eigenvalue weighted by molar-refractivity contribution is -0.145. The molecule has 3 rings (SSSR count). The standard InChI is InChI=1S/C20H28FN3O5S/c1-22(2)19(25)16-9-12-24(18(13-16)20(26)27)30(28,29)23-10-7-15(8-11-23)14-3-5-17(21)6-4-14/h3-6,15-16,18H,7-13H2,1-2H3,(H,26,27)/t16?,18-/m1/s1. The third kappa shape index (κ3) is 4.65. The van der Waals surface area contributed by atoms with Gasteiger partial charge in [0.05, 0.1) is 0 Å². The fourth-order valence-corrected chi connectivity index (χ4v) is 6.14. The SMILES string of the molecule is CN(C)C(=O)C1CCN(S(=O)(=O)N2CCC(c3ccc(F)cc3)CC2)[C@@H](C(=O)O)C1. The molecule has 1 aromatic rings. The first kappa shape index (κ1) is 22.6. The summed E-state index contributed by atoms with van der Waals surface area (Å²) in [5, 5.41) is 9.64. The van der Waals surface area contributed by atoms with Gasteiger partial charge in [-0.25, -0.2) is 4.39 Å². The van der Waals surface area contributed by atoms with Crippen LogP contribution in [-0.4, -0.2) is 78.7 Å². The maximum atomic E-state index is 13.2. The third-order valence-electron chi connectivity index (χ3n) is 6.05. The van der Waals surface area contributed by atoms with E-state index in [0.29, 0.717) is 19.3 Å². The van der Waals surface area contributed by atoms with Crippen molar-refractivity contribution in [3.63, 3.8) is 0 Å². The summed E-state index contributed by atoms with van der Waals surface area (Å²) in [4.78, 5) is 25.5. The normalized spacial score (nSPS) is 24.5. The van der Waals surface area contributed by atoms with Crippen LogP contribution in [0, 0.1) is 11.7 Å². The van der Waals surface area contributed by atoms with E-state index in [2.05, 4.69) is 0 Å². The van der Waals surface area contributed by atoms with E-state index in [9.17, 15) is 27.5 Å². The molecule has 1 amide bonds. The van der Waals surface area contributed by atoms with Gasteiger partial charge >= 0.3 is 5.97 Å². The molecule has 0 aromatic heterocycles. The number of carbonyl (C=O) groups is 2. The number of nitrogens with zero attached hydrogens (tertiary/aromatic N) is 3. The second kappa shape index (κ2) is 8.99. The van der Waals surface area contributed by atoms with Gasteiger partial charge in [0, 0.05) is 39.6 Å². The molecular formula is C20H28FN3O5S. The Hall–Kier alpha value is -2.04. The number of rotatable bonds is 5. The van der Waals surface area contributed by atoms with Gasteiger partial charge in [-0.05, 0) is 49.3 Å². The Morgan fingerprint density at radius 3 is 2.20 bits per heavy atom. The molecule has 0 radical (unpaired) electrons. The van der Waals surface area contributed by atoms with Crippen molar-refractivity contribution >= 4 is 22.1 Å². The van der Waals surface area contributed by atoms with Crippen LogP contribution in [0.2, 0.25) is 0 Å². The van der Waals surface area contributed by atoms with Gasteiger partial charge in [0.25, 0.3) is 10.2 Å². The minimum atomic E-state index is -3.96. The Morgan fingerprint density at radius 1 is 1.07 bits per heavy atom. The Labute approximate surface area is 176 Å². The largest absolute Gasteiger partial charge is 0.480 e. The maximum absolute atomic E-state index is 13.2. The third-order valence-corrected chi connectivity index (χ3v) is 8.09. The van der Waals surface area contributed by atoms with Crippen LogP contribution in [0.15, 0.2) is 24.3 Å². The lowest BCUT2D eigenvalue weighted by Crippen LogP contribution is -2.57. The highest BCUT2D eigenvalue weighted by atomic mass is 32.2. The van der Waals surface area contributed by atoms with Crippen molar-refractivity contribution in [3.05, 3.63) is 35.6 Å². The molecule has 2 aliphatic rings. The molecule has 8 nitrogen and oxygen atoms in total. The quantitative estimate of drug-likeness (QED) is 0.747. The average Bonchev–Trinajstić information content (AvgIpc) is 2.73. The highest BCUT2D eigenvalue weighted by molar-refractivity contribution is 7.86. The van der Waals surface area contributed by atoms with E-state index in [4.69, 9.17) is 0 Å². The summed E-state index contributed by atoms with van der Waals surface area (Å²) in [5.41, 5.74) is 0.972. The number of carboxylic acid groups (broad SMARTS) is 1. The van der Waals surface area contributed by atoms with E-state index in [1.165, 1.54) is 21.3 Å². The van der Waals surface area contributed by atoms with Crippen LogP contribution in [0.5, 0.6) is 0 Å². The van der Waals surface area contributed by atoms with Crippen LogP contribution < -0.4 is 0 Å². The minimum absolute atomic E-state index is 0.00143. The van der Waals surface area contributed by atoms with Crippen LogP contribution in [0.3, 0.4) is 0 Å². The molecule has 1 aromatic carbocycles. The van der Waals surface area contributed by atoms with E-state index in [1.807, 2.05) is 0 Å². The van der Waals surface area contributed by atoms with Gasteiger partial charge in [0.15, 0.2) is 0 Å². The molecule has 0 bridgehead atoms. The predicted molar refractivity (Wildman–Crippen MR) is 108 cm³/mol. The molecule has 0 spiro atoms. The Balaban J connectivity index is 1.69. The van der Waals surface area contributed by atoms with Gasteiger partial charge in [-0.2, -0.15) is 17.0 Å². The molecule has 2 saturated heterocycles. The molecule has 0 aliphatic carbocycles. The van der Waals surface area contributed by atoms with Gasteiger partial charge in [-0.1, -0.05) is 12.1 Å². The van der Waals surface area contributed by atoms with Gasteiger partial charge < -0.3 is 10.0 Å². The minimum Gasteiger partial charge on any atom is -0.480 e. The number of halogens is 1. The van der Waals surface area contributed by atoms with E-state index < -0.39 is 28.1 Å². The van der Waals surface area contributed by atoms with E-state index in [-0.39, 0.29) is 43.7 Å². The first-order chi connectivity index (χ1) is 14.1. The van der Waals surface area contributed by atoms with Crippen molar-refractivity contribution in [1.29, 1.82) is 0 Å². The molecule has 1 N–H and O–H groups in total. The fraction of sp³-hybridized carbons (Fsp3) is 0.600. The lowest BCUT2D eigenvalue weighted by atomic mass is 9.90. The number of piperidine rings is 2.